The number of amides is 1. The van der Waals surface area contributed by atoms with Gasteiger partial charge in [0.25, 0.3) is 15.9 Å². The highest BCUT2D eigenvalue weighted by Gasteiger charge is 2.17. The van der Waals surface area contributed by atoms with Crippen LogP contribution in [0.3, 0.4) is 0 Å². The summed E-state index contributed by atoms with van der Waals surface area (Å²) < 4.78 is 38.1. The number of hydrogen-bond donors (Lipinski definition) is 2. The molecule has 0 aliphatic carbocycles. The van der Waals surface area contributed by atoms with Gasteiger partial charge in [-0.3, -0.25) is 9.52 Å². The number of methoxy groups -OCH3 is 1. The Morgan fingerprint density at radius 1 is 0.964 bits per heavy atom. The minimum absolute atomic E-state index is 0.0904. The molecule has 1 atom stereocenters. The van der Waals surface area contributed by atoms with Crippen molar-refractivity contribution < 1.29 is 22.7 Å². The van der Waals surface area contributed by atoms with Gasteiger partial charge in [-0.05, 0) is 61.4 Å². The number of nitrogens with one attached hydrogen (secondary N) is 2. The lowest BCUT2D eigenvalue weighted by Gasteiger charge is -2.16. The molecule has 0 saturated heterocycles. The summed E-state index contributed by atoms with van der Waals surface area (Å²) in [6.45, 7) is 6.22. The molecule has 2 N–H and O–H groups in total. The van der Waals surface area contributed by atoms with E-state index >= 15 is 0 Å². The van der Waals surface area contributed by atoms with E-state index in [4.69, 9.17) is 9.47 Å². The summed E-state index contributed by atoms with van der Waals surface area (Å²) in [5, 5.41) is 2.79. The summed E-state index contributed by atoms with van der Waals surface area (Å²) in [5.41, 5.74) is 0.427. The fourth-order valence-electron chi connectivity index (χ4n) is 2.28. The van der Waals surface area contributed by atoms with Crippen molar-refractivity contribution >= 4 is 21.6 Å². The van der Waals surface area contributed by atoms with E-state index in [1.54, 1.807) is 31.2 Å². The topological polar surface area (TPSA) is 93.7 Å². The summed E-state index contributed by atoms with van der Waals surface area (Å²) in [4.78, 5) is 12.1. The molecule has 0 aliphatic rings. The molecule has 7 nitrogen and oxygen atoms in total. The third kappa shape index (κ3) is 6.16. The van der Waals surface area contributed by atoms with Gasteiger partial charge in [-0.15, -0.1) is 0 Å². The van der Waals surface area contributed by atoms with Crippen LogP contribution in [-0.4, -0.2) is 34.1 Å². The minimum Gasteiger partial charge on any atom is -0.497 e. The number of carbonyl (C=O) groups excluding carboxylic acids is 1. The van der Waals surface area contributed by atoms with Crippen LogP contribution in [0.4, 0.5) is 5.69 Å². The van der Waals surface area contributed by atoms with Gasteiger partial charge in [0.05, 0.1) is 12.0 Å². The Kier molecular flexibility index (Phi) is 7.28. The number of hydrogen-bond acceptors (Lipinski definition) is 5. The van der Waals surface area contributed by atoms with Crippen LogP contribution in [0.5, 0.6) is 11.5 Å². The minimum atomic E-state index is -3.74. The molecule has 8 heteroatoms. The van der Waals surface area contributed by atoms with Gasteiger partial charge in [0.15, 0.2) is 6.10 Å². The Balaban J connectivity index is 2.00. The van der Waals surface area contributed by atoms with Crippen LogP contribution in [0.1, 0.15) is 20.8 Å². The molecule has 28 heavy (non-hydrogen) atoms. The smallest absolute Gasteiger partial charge is 0.261 e. The first kappa shape index (κ1) is 21.6. The Bertz CT molecular complexity index is 878. The molecule has 1 amide bonds. The SMILES string of the molecule is COc1ccc(NS(=O)(=O)c2ccc(O[C@H](C)C(=O)NCC(C)C)cc2)cc1. The highest BCUT2D eigenvalue weighted by atomic mass is 32.2. The summed E-state index contributed by atoms with van der Waals surface area (Å²) in [7, 11) is -2.20. The molecule has 0 fully saturated rings. The van der Waals surface area contributed by atoms with E-state index in [9.17, 15) is 13.2 Å². The van der Waals surface area contributed by atoms with Gasteiger partial charge in [-0.2, -0.15) is 0 Å². The van der Waals surface area contributed by atoms with Crippen molar-refractivity contribution in [2.75, 3.05) is 18.4 Å². The van der Waals surface area contributed by atoms with Crippen LogP contribution < -0.4 is 19.5 Å². The quantitative estimate of drug-likeness (QED) is 0.668. The van der Waals surface area contributed by atoms with E-state index in [0.29, 0.717) is 29.6 Å². The number of ether oxygens (including phenoxy) is 2. The first-order valence-electron chi connectivity index (χ1n) is 8.92. The summed E-state index contributed by atoms with van der Waals surface area (Å²) >= 11 is 0. The molecule has 0 bridgehead atoms. The van der Waals surface area contributed by atoms with E-state index in [1.807, 2.05) is 13.8 Å². The van der Waals surface area contributed by atoms with Crippen LogP contribution in [0.2, 0.25) is 0 Å². The number of anilines is 1. The first-order chi connectivity index (χ1) is 13.2. The van der Waals surface area contributed by atoms with E-state index in [2.05, 4.69) is 10.0 Å². The maximum atomic E-state index is 12.5. The van der Waals surface area contributed by atoms with Gasteiger partial charge in [-0.1, -0.05) is 13.8 Å². The Morgan fingerprint density at radius 3 is 2.07 bits per heavy atom. The zero-order valence-corrected chi connectivity index (χ0v) is 17.2. The highest BCUT2D eigenvalue weighted by molar-refractivity contribution is 7.92. The predicted octanol–water partition coefficient (Wildman–Crippen LogP) is 3.04. The molecule has 0 spiro atoms. The van der Waals surface area contributed by atoms with Gasteiger partial charge in [0.2, 0.25) is 0 Å². The number of sulfonamides is 1. The van der Waals surface area contributed by atoms with Crippen molar-refractivity contribution in [3.8, 4) is 11.5 Å². The summed E-state index contributed by atoms with van der Waals surface area (Å²) in [6, 6.07) is 12.5. The average molecular weight is 407 g/mol. The zero-order chi connectivity index (χ0) is 20.7. The second-order valence-corrected chi connectivity index (χ2v) is 8.39. The zero-order valence-electron chi connectivity index (χ0n) is 16.4. The van der Waals surface area contributed by atoms with Gasteiger partial charge < -0.3 is 14.8 Å². The average Bonchev–Trinajstić information content (AvgIpc) is 2.66. The van der Waals surface area contributed by atoms with Gasteiger partial charge in [-0.25, -0.2) is 8.42 Å². The van der Waals surface area contributed by atoms with Crippen molar-refractivity contribution in [2.45, 2.75) is 31.8 Å². The second-order valence-electron chi connectivity index (χ2n) is 6.70. The van der Waals surface area contributed by atoms with Crippen LogP contribution in [0.25, 0.3) is 0 Å². The fourth-order valence-corrected chi connectivity index (χ4v) is 3.34. The lowest BCUT2D eigenvalue weighted by molar-refractivity contribution is -0.127. The molecule has 0 aliphatic heterocycles. The second kappa shape index (κ2) is 9.45. The fraction of sp³-hybridized carbons (Fsp3) is 0.350. The lowest BCUT2D eigenvalue weighted by Crippen LogP contribution is -2.38. The van der Waals surface area contributed by atoms with E-state index in [-0.39, 0.29) is 10.8 Å². The maximum absolute atomic E-state index is 12.5. The van der Waals surface area contributed by atoms with Crippen LogP contribution in [-0.2, 0) is 14.8 Å². The molecular formula is C20H26N2O5S. The van der Waals surface area contributed by atoms with Gasteiger partial charge in [0.1, 0.15) is 11.5 Å². The lowest BCUT2D eigenvalue weighted by atomic mass is 10.2. The normalized spacial score (nSPS) is 12.3. The molecule has 0 saturated carbocycles. The molecule has 152 valence electrons. The molecule has 2 aromatic rings. The summed E-state index contributed by atoms with van der Waals surface area (Å²) in [5.74, 6) is 1.18. The maximum Gasteiger partial charge on any atom is 0.261 e. The van der Waals surface area contributed by atoms with E-state index in [0.717, 1.165) is 0 Å². The molecule has 0 unspecified atom stereocenters. The Hall–Kier alpha value is -2.74. The predicted molar refractivity (Wildman–Crippen MR) is 108 cm³/mol. The largest absolute Gasteiger partial charge is 0.497 e. The molecule has 2 rings (SSSR count). The van der Waals surface area contributed by atoms with E-state index < -0.39 is 16.1 Å². The monoisotopic (exact) mass is 406 g/mol. The number of carbonyl (C=O) groups is 1. The molecular weight excluding hydrogens is 380 g/mol. The standard InChI is InChI=1S/C20H26N2O5S/c1-14(2)13-21-20(23)15(3)27-18-9-11-19(12-10-18)28(24,25)22-16-5-7-17(26-4)8-6-16/h5-12,14-15,22H,13H2,1-4H3,(H,21,23)/t15-/m1/s1. The van der Waals surface area contributed by atoms with Crippen LogP contribution in [0, 0.1) is 5.92 Å². The number of rotatable bonds is 9. The van der Waals surface area contributed by atoms with E-state index in [1.165, 1.54) is 31.4 Å². The van der Waals surface area contributed by atoms with Gasteiger partial charge >= 0.3 is 0 Å². The Morgan fingerprint density at radius 2 is 1.54 bits per heavy atom. The Labute approximate surface area is 166 Å². The highest BCUT2D eigenvalue weighted by Crippen LogP contribution is 2.21. The third-order valence-electron chi connectivity index (χ3n) is 3.84. The van der Waals surface area contributed by atoms with Crippen molar-refractivity contribution in [3.05, 3.63) is 48.5 Å². The van der Waals surface area contributed by atoms with Crippen molar-refractivity contribution in [1.29, 1.82) is 0 Å². The third-order valence-corrected chi connectivity index (χ3v) is 5.24. The molecule has 0 aromatic heterocycles. The van der Waals surface area contributed by atoms with Crippen molar-refractivity contribution in [2.24, 2.45) is 5.92 Å². The molecule has 2 aromatic carbocycles. The van der Waals surface area contributed by atoms with Crippen molar-refractivity contribution in [3.63, 3.8) is 0 Å². The summed E-state index contributed by atoms with van der Waals surface area (Å²) in [6.07, 6.45) is -0.682. The molecule has 0 heterocycles. The number of benzene rings is 2. The van der Waals surface area contributed by atoms with Gasteiger partial charge in [0, 0.05) is 12.2 Å². The molecule has 0 radical (unpaired) electrons. The first-order valence-corrected chi connectivity index (χ1v) is 10.4. The van der Waals surface area contributed by atoms with Crippen LogP contribution in [0.15, 0.2) is 53.4 Å². The van der Waals surface area contributed by atoms with Crippen LogP contribution >= 0.6 is 0 Å². The van der Waals surface area contributed by atoms with Crippen molar-refractivity contribution in [1.82, 2.24) is 5.32 Å².